The van der Waals surface area contributed by atoms with Crippen molar-refractivity contribution in [1.29, 1.82) is 0 Å². The molecular weight excluding hydrogens is 309 g/mol. The van der Waals surface area contributed by atoms with Crippen LogP contribution >= 0.6 is 0 Å². The van der Waals surface area contributed by atoms with E-state index in [-0.39, 0.29) is 5.75 Å². The number of halogens is 3. The molecule has 1 aliphatic rings. The zero-order valence-corrected chi connectivity index (χ0v) is 12.2. The van der Waals surface area contributed by atoms with Gasteiger partial charge in [0.15, 0.2) is 11.5 Å². The van der Waals surface area contributed by atoms with Gasteiger partial charge in [0.1, 0.15) is 0 Å². The molecule has 1 saturated heterocycles. The topological polar surface area (TPSA) is 66.4 Å². The molecule has 0 aromatic carbocycles. The molecule has 1 aromatic rings. The number of hydrogen-bond acceptors (Lipinski definition) is 5. The van der Waals surface area contributed by atoms with Crippen LogP contribution in [-0.2, 0) is 16.2 Å². The summed E-state index contributed by atoms with van der Waals surface area (Å²) in [5.41, 5.74) is -1.04. The predicted octanol–water partition coefficient (Wildman–Crippen LogP) is 0.967. The first kappa shape index (κ1) is 16.0. The Kier molecular flexibility index (Phi) is 4.38. The number of rotatable bonds is 3. The highest BCUT2D eigenvalue weighted by molar-refractivity contribution is 7.89. The van der Waals surface area contributed by atoms with Crippen molar-refractivity contribution in [3.05, 3.63) is 17.8 Å². The van der Waals surface area contributed by atoms with E-state index in [0.717, 1.165) is 6.07 Å². The third-order valence-electron chi connectivity index (χ3n) is 3.26. The fourth-order valence-electron chi connectivity index (χ4n) is 2.02. The standard InChI is InChI=1S/C11H15F3N4O2S/c1-2-21(19,20)18-7-5-17(6-8-18)10-4-3-9(15-16-10)11(12,13)14/h3-4H,2,5-8H2,1H3. The summed E-state index contributed by atoms with van der Waals surface area (Å²) in [5.74, 6) is 0.351. The molecule has 0 N–H and O–H groups in total. The number of anilines is 1. The van der Waals surface area contributed by atoms with Crippen LogP contribution in [0, 0.1) is 0 Å². The third-order valence-corrected chi connectivity index (χ3v) is 5.14. The largest absolute Gasteiger partial charge is 0.435 e. The Morgan fingerprint density at radius 3 is 2.19 bits per heavy atom. The Labute approximate surface area is 120 Å². The van der Waals surface area contributed by atoms with Gasteiger partial charge < -0.3 is 4.90 Å². The third kappa shape index (κ3) is 3.62. The van der Waals surface area contributed by atoms with E-state index < -0.39 is 21.9 Å². The molecule has 0 radical (unpaired) electrons. The minimum absolute atomic E-state index is 0.0348. The minimum atomic E-state index is -4.51. The summed E-state index contributed by atoms with van der Waals surface area (Å²) in [6, 6.07) is 2.12. The van der Waals surface area contributed by atoms with Gasteiger partial charge in [0.2, 0.25) is 10.0 Å². The van der Waals surface area contributed by atoms with Crippen LogP contribution in [0.1, 0.15) is 12.6 Å². The maximum Gasteiger partial charge on any atom is 0.435 e. The SMILES string of the molecule is CCS(=O)(=O)N1CCN(c2ccc(C(F)(F)F)nn2)CC1. The number of aromatic nitrogens is 2. The van der Waals surface area contributed by atoms with Crippen molar-refractivity contribution in [1.82, 2.24) is 14.5 Å². The van der Waals surface area contributed by atoms with Gasteiger partial charge in [-0.2, -0.15) is 17.5 Å². The molecule has 0 aliphatic carbocycles. The van der Waals surface area contributed by atoms with Gasteiger partial charge in [-0.05, 0) is 19.1 Å². The summed E-state index contributed by atoms with van der Waals surface area (Å²) in [6.07, 6.45) is -4.51. The van der Waals surface area contributed by atoms with Crippen LogP contribution in [0.15, 0.2) is 12.1 Å². The highest BCUT2D eigenvalue weighted by Gasteiger charge is 2.33. The van der Waals surface area contributed by atoms with Crippen LogP contribution in [0.5, 0.6) is 0 Å². The number of hydrogen-bond donors (Lipinski definition) is 0. The average Bonchev–Trinajstić information content (AvgIpc) is 2.47. The van der Waals surface area contributed by atoms with Gasteiger partial charge in [-0.25, -0.2) is 8.42 Å². The van der Waals surface area contributed by atoms with Gasteiger partial charge in [0, 0.05) is 26.2 Å². The monoisotopic (exact) mass is 324 g/mol. The van der Waals surface area contributed by atoms with E-state index in [1.54, 1.807) is 11.8 Å². The predicted molar refractivity (Wildman–Crippen MR) is 70.3 cm³/mol. The molecule has 2 rings (SSSR count). The van der Waals surface area contributed by atoms with Gasteiger partial charge in [0.25, 0.3) is 0 Å². The van der Waals surface area contributed by atoms with Crippen molar-refractivity contribution in [2.45, 2.75) is 13.1 Å². The van der Waals surface area contributed by atoms with Gasteiger partial charge >= 0.3 is 6.18 Å². The first-order valence-electron chi connectivity index (χ1n) is 6.38. The second-order valence-electron chi connectivity index (χ2n) is 4.56. The van der Waals surface area contributed by atoms with E-state index >= 15 is 0 Å². The van der Waals surface area contributed by atoms with Crippen LogP contribution in [0.4, 0.5) is 19.0 Å². The molecule has 0 unspecified atom stereocenters. The van der Waals surface area contributed by atoms with E-state index in [9.17, 15) is 21.6 Å². The lowest BCUT2D eigenvalue weighted by Crippen LogP contribution is -2.49. The highest BCUT2D eigenvalue weighted by Crippen LogP contribution is 2.27. The Balaban J connectivity index is 2.03. The summed E-state index contributed by atoms with van der Waals surface area (Å²) in [5, 5.41) is 6.72. The smallest absolute Gasteiger partial charge is 0.352 e. The Hall–Kier alpha value is -1.42. The summed E-state index contributed by atoms with van der Waals surface area (Å²) in [4.78, 5) is 1.72. The molecule has 0 saturated carbocycles. The molecule has 0 amide bonds. The number of piperazine rings is 1. The number of alkyl halides is 3. The molecule has 1 fully saturated rings. The van der Waals surface area contributed by atoms with Crippen LogP contribution in [0.2, 0.25) is 0 Å². The van der Waals surface area contributed by atoms with Crippen molar-refractivity contribution in [3.8, 4) is 0 Å². The molecule has 10 heteroatoms. The fraction of sp³-hybridized carbons (Fsp3) is 0.636. The van der Waals surface area contributed by atoms with Crippen molar-refractivity contribution in [2.24, 2.45) is 0 Å². The lowest BCUT2D eigenvalue weighted by Gasteiger charge is -2.34. The Morgan fingerprint density at radius 2 is 1.76 bits per heavy atom. The van der Waals surface area contributed by atoms with Gasteiger partial charge in [-0.3, -0.25) is 0 Å². The van der Waals surface area contributed by atoms with Crippen molar-refractivity contribution < 1.29 is 21.6 Å². The van der Waals surface area contributed by atoms with Crippen molar-refractivity contribution in [3.63, 3.8) is 0 Å². The van der Waals surface area contributed by atoms with Gasteiger partial charge in [-0.1, -0.05) is 0 Å². The molecule has 1 aliphatic heterocycles. The first-order chi connectivity index (χ1) is 9.74. The second-order valence-corrected chi connectivity index (χ2v) is 6.82. The molecular formula is C11H15F3N4O2S. The highest BCUT2D eigenvalue weighted by atomic mass is 32.2. The summed E-state index contributed by atoms with van der Waals surface area (Å²) < 4.78 is 62.0. The lowest BCUT2D eigenvalue weighted by molar-refractivity contribution is -0.141. The average molecular weight is 324 g/mol. The molecule has 118 valence electrons. The normalized spacial score (nSPS) is 18.0. The summed E-state index contributed by atoms with van der Waals surface area (Å²) in [7, 11) is -3.23. The second kappa shape index (κ2) is 5.76. The van der Waals surface area contributed by atoms with Crippen LogP contribution < -0.4 is 4.90 Å². The number of sulfonamides is 1. The van der Waals surface area contributed by atoms with E-state index in [0.29, 0.717) is 32.0 Å². The molecule has 0 bridgehead atoms. The summed E-state index contributed by atoms with van der Waals surface area (Å²) in [6.45, 7) is 2.90. The molecule has 2 heterocycles. The zero-order chi connectivity index (χ0) is 15.7. The van der Waals surface area contributed by atoms with E-state index in [1.807, 2.05) is 0 Å². The fourth-order valence-corrected chi connectivity index (χ4v) is 3.11. The van der Waals surface area contributed by atoms with E-state index in [4.69, 9.17) is 0 Å². The van der Waals surface area contributed by atoms with Gasteiger partial charge in [-0.15, -0.1) is 10.2 Å². The zero-order valence-electron chi connectivity index (χ0n) is 11.3. The maximum absolute atomic E-state index is 12.4. The molecule has 21 heavy (non-hydrogen) atoms. The quantitative estimate of drug-likeness (QED) is 0.829. The molecule has 0 spiro atoms. The van der Waals surface area contributed by atoms with Crippen LogP contribution in [0.25, 0.3) is 0 Å². The molecule has 0 atom stereocenters. The van der Waals surface area contributed by atoms with Crippen molar-refractivity contribution in [2.75, 3.05) is 36.8 Å². The van der Waals surface area contributed by atoms with E-state index in [2.05, 4.69) is 10.2 Å². The van der Waals surface area contributed by atoms with Crippen LogP contribution in [-0.4, -0.2) is 54.9 Å². The van der Waals surface area contributed by atoms with Gasteiger partial charge in [0.05, 0.1) is 5.75 Å². The lowest BCUT2D eigenvalue weighted by atomic mass is 10.3. The summed E-state index contributed by atoms with van der Waals surface area (Å²) >= 11 is 0. The Morgan fingerprint density at radius 1 is 1.14 bits per heavy atom. The molecule has 1 aromatic heterocycles. The minimum Gasteiger partial charge on any atom is -0.352 e. The Bertz CT molecular complexity index is 580. The number of nitrogens with zero attached hydrogens (tertiary/aromatic N) is 4. The van der Waals surface area contributed by atoms with E-state index in [1.165, 1.54) is 10.4 Å². The molecule has 6 nitrogen and oxygen atoms in total. The first-order valence-corrected chi connectivity index (χ1v) is 7.98. The maximum atomic E-state index is 12.4. The van der Waals surface area contributed by atoms with Crippen molar-refractivity contribution >= 4 is 15.8 Å². The van der Waals surface area contributed by atoms with Crippen LogP contribution in [0.3, 0.4) is 0 Å².